The molecule has 1 aromatic heterocycles. The Hall–Kier alpha value is -2.02. The third-order valence-corrected chi connectivity index (χ3v) is 3.41. The summed E-state index contributed by atoms with van der Waals surface area (Å²) >= 11 is 3.35. The molecule has 4 nitrogen and oxygen atoms in total. The first kappa shape index (κ1) is 16.4. The first-order valence-corrected chi connectivity index (χ1v) is 7.29. The summed E-state index contributed by atoms with van der Waals surface area (Å²) in [5.41, 5.74) is 0.885. The molecule has 2 rings (SSSR count). The molecule has 0 saturated carbocycles. The van der Waals surface area contributed by atoms with Gasteiger partial charge in [0.15, 0.2) is 5.78 Å². The van der Waals surface area contributed by atoms with Gasteiger partial charge in [-0.15, -0.1) is 0 Å². The molecular formula is C15H13BrF2N2O2. The van der Waals surface area contributed by atoms with Gasteiger partial charge in [0, 0.05) is 18.3 Å². The smallest absolute Gasteiger partial charge is 0.387 e. The van der Waals surface area contributed by atoms with Crippen molar-refractivity contribution in [1.29, 1.82) is 0 Å². The Bertz CT molecular complexity index is 699. The molecule has 1 aromatic carbocycles. The number of ether oxygens (including phenoxy) is 1. The van der Waals surface area contributed by atoms with Crippen molar-refractivity contribution in [3.63, 3.8) is 0 Å². The molecule has 1 heterocycles. The SMILES string of the molecule is CCn1cc(Br)c(/C=C/C(=O)c2cccc(OC(F)F)c2)n1. The summed E-state index contributed by atoms with van der Waals surface area (Å²) in [6.07, 6.45) is 4.72. The number of carbonyl (C=O) groups excluding carboxylic acids is 1. The van der Waals surface area contributed by atoms with Crippen LogP contribution in [0.4, 0.5) is 8.78 Å². The van der Waals surface area contributed by atoms with Crippen LogP contribution in [-0.2, 0) is 6.54 Å². The van der Waals surface area contributed by atoms with Crippen LogP contribution >= 0.6 is 15.9 Å². The molecule has 116 valence electrons. The molecule has 0 saturated heterocycles. The van der Waals surface area contributed by atoms with Crippen molar-refractivity contribution in [3.05, 3.63) is 52.3 Å². The molecule has 0 amide bonds. The van der Waals surface area contributed by atoms with Gasteiger partial charge in [-0.25, -0.2) is 0 Å². The number of benzene rings is 1. The second-order valence-electron chi connectivity index (χ2n) is 4.32. The molecule has 0 spiro atoms. The molecule has 0 aliphatic carbocycles. The van der Waals surface area contributed by atoms with Crippen molar-refractivity contribution < 1.29 is 18.3 Å². The molecule has 22 heavy (non-hydrogen) atoms. The van der Waals surface area contributed by atoms with Crippen molar-refractivity contribution in [3.8, 4) is 5.75 Å². The van der Waals surface area contributed by atoms with Gasteiger partial charge in [-0.2, -0.15) is 13.9 Å². The molecule has 0 aliphatic heterocycles. The van der Waals surface area contributed by atoms with Gasteiger partial charge in [0.1, 0.15) is 5.75 Å². The first-order chi connectivity index (χ1) is 10.5. The zero-order valence-electron chi connectivity index (χ0n) is 11.7. The minimum Gasteiger partial charge on any atom is -0.435 e. The van der Waals surface area contributed by atoms with Gasteiger partial charge < -0.3 is 4.74 Å². The lowest BCUT2D eigenvalue weighted by Gasteiger charge is -2.04. The predicted octanol–water partition coefficient (Wildman–Crippen LogP) is 4.16. The fourth-order valence-corrected chi connectivity index (χ4v) is 2.21. The van der Waals surface area contributed by atoms with E-state index in [4.69, 9.17) is 0 Å². The maximum atomic E-state index is 12.2. The fraction of sp³-hybridized carbons (Fsp3) is 0.200. The van der Waals surface area contributed by atoms with E-state index in [0.717, 1.165) is 4.47 Å². The molecule has 2 aromatic rings. The number of hydrogen-bond donors (Lipinski definition) is 0. The largest absolute Gasteiger partial charge is 0.435 e. The number of ketones is 1. The maximum Gasteiger partial charge on any atom is 0.387 e. The van der Waals surface area contributed by atoms with E-state index in [1.165, 1.54) is 30.3 Å². The molecule has 0 N–H and O–H groups in total. The van der Waals surface area contributed by atoms with Gasteiger partial charge in [-0.05, 0) is 47.1 Å². The van der Waals surface area contributed by atoms with Crippen LogP contribution < -0.4 is 4.74 Å². The standard InChI is InChI=1S/C15H13BrF2N2O2/c1-2-20-9-12(16)13(19-20)6-7-14(21)10-4-3-5-11(8-10)22-15(17)18/h3-9,15H,2H2,1H3/b7-6+. The van der Waals surface area contributed by atoms with Gasteiger partial charge in [-0.1, -0.05) is 12.1 Å². The number of rotatable bonds is 6. The Labute approximate surface area is 134 Å². The normalized spacial score (nSPS) is 11.3. The highest BCUT2D eigenvalue weighted by Crippen LogP contribution is 2.19. The summed E-state index contributed by atoms with van der Waals surface area (Å²) in [6.45, 7) is -0.255. The molecule has 0 aliphatic rings. The molecule has 0 radical (unpaired) electrons. The van der Waals surface area contributed by atoms with Gasteiger partial charge in [0.25, 0.3) is 0 Å². The van der Waals surface area contributed by atoms with Crippen molar-refractivity contribution >= 4 is 27.8 Å². The lowest BCUT2D eigenvalue weighted by atomic mass is 10.1. The zero-order valence-corrected chi connectivity index (χ0v) is 13.3. The third-order valence-electron chi connectivity index (χ3n) is 2.80. The molecule has 0 bridgehead atoms. The molecule has 7 heteroatoms. The van der Waals surface area contributed by atoms with Gasteiger partial charge in [0.2, 0.25) is 0 Å². The van der Waals surface area contributed by atoms with Crippen LogP contribution in [0.3, 0.4) is 0 Å². The van der Waals surface area contributed by atoms with E-state index in [1.807, 2.05) is 6.92 Å². The van der Waals surface area contributed by atoms with Gasteiger partial charge in [-0.3, -0.25) is 9.48 Å². The Kier molecular flexibility index (Phi) is 5.43. The minimum atomic E-state index is -2.92. The quantitative estimate of drug-likeness (QED) is 0.566. The zero-order chi connectivity index (χ0) is 16.1. The van der Waals surface area contributed by atoms with Crippen LogP contribution in [0.2, 0.25) is 0 Å². The van der Waals surface area contributed by atoms with Crippen LogP contribution in [0.5, 0.6) is 5.75 Å². The van der Waals surface area contributed by atoms with Crippen LogP contribution in [0, 0.1) is 0 Å². The Balaban J connectivity index is 2.14. The summed E-state index contributed by atoms with van der Waals surface area (Å²) in [5, 5.41) is 4.26. The van der Waals surface area contributed by atoms with Crippen molar-refractivity contribution in [1.82, 2.24) is 9.78 Å². The van der Waals surface area contributed by atoms with E-state index in [9.17, 15) is 13.6 Å². The van der Waals surface area contributed by atoms with Crippen LogP contribution in [-0.4, -0.2) is 22.2 Å². The second-order valence-corrected chi connectivity index (χ2v) is 5.18. The number of aryl methyl sites for hydroxylation is 1. The third kappa shape index (κ3) is 4.24. The van der Waals surface area contributed by atoms with Crippen molar-refractivity contribution in [2.45, 2.75) is 20.1 Å². The molecular weight excluding hydrogens is 358 g/mol. The highest BCUT2D eigenvalue weighted by molar-refractivity contribution is 9.10. The van der Waals surface area contributed by atoms with E-state index < -0.39 is 6.61 Å². The van der Waals surface area contributed by atoms with Crippen molar-refractivity contribution in [2.75, 3.05) is 0 Å². The van der Waals surface area contributed by atoms with E-state index in [2.05, 4.69) is 25.8 Å². The summed E-state index contributed by atoms with van der Waals surface area (Å²) in [4.78, 5) is 12.1. The summed E-state index contributed by atoms with van der Waals surface area (Å²) in [6, 6.07) is 5.66. The van der Waals surface area contributed by atoms with Crippen LogP contribution in [0.15, 0.2) is 41.0 Å². The first-order valence-electron chi connectivity index (χ1n) is 6.50. The average molecular weight is 371 g/mol. The van der Waals surface area contributed by atoms with E-state index >= 15 is 0 Å². The Morgan fingerprint density at radius 1 is 1.50 bits per heavy atom. The highest BCUT2D eigenvalue weighted by Gasteiger charge is 2.08. The predicted molar refractivity (Wildman–Crippen MR) is 82.0 cm³/mol. The summed E-state index contributed by atoms with van der Waals surface area (Å²) in [7, 11) is 0. The fourth-order valence-electron chi connectivity index (χ4n) is 1.76. The number of nitrogens with zero attached hydrogens (tertiary/aromatic N) is 2. The highest BCUT2D eigenvalue weighted by atomic mass is 79.9. The average Bonchev–Trinajstić information content (AvgIpc) is 2.85. The number of halogens is 3. The second kappa shape index (κ2) is 7.31. The van der Waals surface area contributed by atoms with Gasteiger partial charge >= 0.3 is 6.61 Å². The molecule has 0 atom stereocenters. The van der Waals surface area contributed by atoms with Crippen LogP contribution in [0.25, 0.3) is 6.08 Å². The monoisotopic (exact) mass is 370 g/mol. The Morgan fingerprint density at radius 2 is 2.27 bits per heavy atom. The summed E-state index contributed by atoms with van der Waals surface area (Å²) < 4.78 is 31.1. The van der Waals surface area contributed by atoms with E-state index in [1.54, 1.807) is 17.0 Å². The minimum absolute atomic E-state index is 0.0503. The number of alkyl halides is 2. The number of hydrogen-bond acceptors (Lipinski definition) is 3. The lowest BCUT2D eigenvalue weighted by Crippen LogP contribution is -2.03. The summed E-state index contributed by atoms with van der Waals surface area (Å²) in [5.74, 6) is -0.372. The topological polar surface area (TPSA) is 44.1 Å². The molecule has 0 unspecified atom stereocenters. The van der Waals surface area contributed by atoms with Gasteiger partial charge in [0.05, 0.1) is 10.2 Å². The lowest BCUT2D eigenvalue weighted by molar-refractivity contribution is -0.0498. The molecule has 0 fully saturated rings. The number of carbonyl (C=O) groups is 1. The van der Waals surface area contributed by atoms with Crippen LogP contribution in [0.1, 0.15) is 23.0 Å². The Morgan fingerprint density at radius 3 is 2.91 bits per heavy atom. The van der Waals surface area contributed by atoms with E-state index in [-0.39, 0.29) is 17.1 Å². The maximum absolute atomic E-state index is 12.2. The number of aromatic nitrogens is 2. The number of allylic oxidation sites excluding steroid dienone is 1. The van der Waals surface area contributed by atoms with E-state index in [0.29, 0.717) is 12.2 Å². The van der Waals surface area contributed by atoms with Crippen molar-refractivity contribution in [2.24, 2.45) is 0 Å².